The van der Waals surface area contributed by atoms with E-state index in [4.69, 9.17) is 4.74 Å². The molecule has 0 bridgehead atoms. The quantitative estimate of drug-likeness (QED) is 0.740. The average molecular weight is 389 g/mol. The summed E-state index contributed by atoms with van der Waals surface area (Å²) in [6.45, 7) is 1.24. The van der Waals surface area contributed by atoms with Crippen molar-refractivity contribution in [3.8, 4) is 5.75 Å². The van der Waals surface area contributed by atoms with Crippen LogP contribution in [0.25, 0.3) is 0 Å². The highest BCUT2D eigenvalue weighted by Crippen LogP contribution is 2.36. The van der Waals surface area contributed by atoms with Gasteiger partial charge < -0.3 is 9.84 Å². The van der Waals surface area contributed by atoms with Gasteiger partial charge in [0.05, 0.1) is 12.0 Å². The van der Waals surface area contributed by atoms with Gasteiger partial charge in [-0.05, 0) is 61.6 Å². The van der Waals surface area contributed by atoms with Crippen LogP contribution in [0.15, 0.2) is 47.4 Å². The van der Waals surface area contributed by atoms with Gasteiger partial charge in [-0.2, -0.15) is 0 Å². The first-order valence-electron chi connectivity index (χ1n) is 8.76. The summed E-state index contributed by atoms with van der Waals surface area (Å²) < 4.78 is 33.0. The Morgan fingerprint density at radius 2 is 2.04 bits per heavy atom. The summed E-state index contributed by atoms with van der Waals surface area (Å²) in [5.74, 6) is 0.500. The summed E-state index contributed by atoms with van der Waals surface area (Å²) in [5.41, 5.74) is 0.716. The van der Waals surface area contributed by atoms with Crippen molar-refractivity contribution in [2.24, 2.45) is 0 Å². The van der Waals surface area contributed by atoms with Crippen LogP contribution in [0.3, 0.4) is 0 Å². The Morgan fingerprint density at radius 1 is 1.26 bits per heavy atom. The van der Waals surface area contributed by atoms with Crippen molar-refractivity contribution in [3.63, 3.8) is 0 Å². The predicted octanol–water partition coefficient (Wildman–Crippen LogP) is 2.40. The summed E-state index contributed by atoms with van der Waals surface area (Å²) in [4.78, 5) is 11.5. The van der Waals surface area contributed by atoms with Gasteiger partial charge in [-0.1, -0.05) is 18.2 Å². The van der Waals surface area contributed by atoms with E-state index < -0.39 is 15.6 Å². The maximum atomic E-state index is 12.7. The Labute approximate surface area is 159 Å². The minimum Gasteiger partial charge on any atom is -0.497 e. The van der Waals surface area contributed by atoms with Gasteiger partial charge in [-0.3, -0.25) is 4.79 Å². The molecule has 0 amide bonds. The van der Waals surface area contributed by atoms with Crippen LogP contribution >= 0.6 is 0 Å². The van der Waals surface area contributed by atoms with Crippen LogP contribution in [0.1, 0.15) is 41.3 Å². The summed E-state index contributed by atoms with van der Waals surface area (Å²) >= 11 is 0. The normalized spacial score (nSPS) is 19.4. The van der Waals surface area contributed by atoms with Crippen LogP contribution in [-0.4, -0.2) is 33.0 Å². The van der Waals surface area contributed by atoms with E-state index in [1.54, 1.807) is 25.3 Å². The molecule has 3 rings (SSSR count). The van der Waals surface area contributed by atoms with E-state index >= 15 is 0 Å². The fourth-order valence-electron chi connectivity index (χ4n) is 3.43. The first-order chi connectivity index (χ1) is 12.7. The van der Waals surface area contributed by atoms with Crippen molar-refractivity contribution in [1.29, 1.82) is 0 Å². The number of methoxy groups -OCH3 is 1. The molecule has 0 aromatic heterocycles. The van der Waals surface area contributed by atoms with E-state index in [9.17, 15) is 18.3 Å². The lowest BCUT2D eigenvalue weighted by molar-refractivity contribution is 0.0242. The summed E-state index contributed by atoms with van der Waals surface area (Å²) in [7, 11) is -2.27. The van der Waals surface area contributed by atoms with Gasteiger partial charge in [-0.25, -0.2) is 13.1 Å². The molecular weight excluding hydrogens is 366 g/mol. The number of carbonyl (C=O) groups excluding carboxylic acids is 1. The van der Waals surface area contributed by atoms with Crippen molar-refractivity contribution < 1.29 is 23.1 Å². The third kappa shape index (κ3) is 4.05. The predicted molar refractivity (Wildman–Crippen MR) is 101 cm³/mol. The molecule has 0 radical (unpaired) electrons. The van der Waals surface area contributed by atoms with Crippen LogP contribution in [0.5, 0.6) is 5.75 Å². The zero-order valence-electron chi connectivity index (χ0n) is 15.4. The number of ether oxygens (including phenoxy) is 1. The average Bonchev–Trinajstić information content (AvgIpc) is 2.66. The van der Waals surface area contributed by atoms with Crippen molar-refractivity contribution >= 4 is 15.8 Å². The molecule has 7 heteroatoms. The van der Waals surface area contributed by atoms with Crippen LogP contribution in [-0.2, 0) is 22.0 Å². The Balaban J connectivity index is 1.84. The van der Waals surface area contributed by atoms with Crippen molar-refractivity contribution in [2.75, 3.05) is 13.7 Å². The SMILES string of the molecule is COc1ccc2c(c1)CCCC2(O)CNS(=O)(=O)c1cccc(C(C)=O)c1. The molecule has 1 aliphatic rings. The lowest BCUT2D eigenvalue weighted by atomic mass is 9.79. The highest BCUT2D eigenvalue weighted by molar-refractivity contribution is 7.89. The number of benzene rings is 2. The zero-order chi connectivity index (χ0) is 19.7. The first-order valence-corrected chi connectivity index (χ1v) is 10.2. The maximum Gasteiger partial charge on any atom is 0.240 e. The highest BCUT2D eigenvalue weighted by atomic mass is 32.2. The fraction of sp³-hybridized carbons (Fsp3) is 0.350. The van der Waals surface area contributed by atoms with E-state index in [1.165, 1.54) is 25.1 Å². The fourth-order valence-corrected chi connectivity index (χ4v) is 4.56. The van der Waals surface area contributed by atoms with E-state index in [-0.39, 0.29) is 17.2 Å². The zero-order valence-corrected chi connectivity index (χ0v) is 16.2. The maximum absolute atomic E-state index is 12.7. The molecule has 0 heterocycles. The second kappa shape index (κ2) is 7.42. The lowest BCUT2D eigenvalue weighted by Crippen LogP contribution is -2.43. The number of aryl methyl sites for hydroxylation is 1. The molecule has 2 aromatic carbocycles. The van der Waals surface area contributed by atoms with E-state index in [0.717, 1.165) is 24.0 Å². The Bertz CT molecular complexity index is 970. The minimum absolute atomic E-state index is 0.00423. The third-order valence-corrected chi connectivity index (χ3v) is 6.35. The van der Waals surface area contributed by atoms with Crippen LogP contribution in [0.2, 0.25) is 0 Å². The first kappa shape index (κ1) is 19.5. The van der Waals surface area contributed by atoms with Gasteiger partial charge >= 0.3 is 0 Å². The molecule has 27 heavy (non-hydrogen) atoms. The smallest absolute Gasteiger partial charge is 0.240 e. The lowest BCUT2D eigenvalue weighted by Gasteiger charge is -2.34. The van der Waals surface area contributed by atoms with Gasteiger partial charge in [0.15, 0.2) is 5.78 Å². The molecule has 1 unspecified atom stereocenters. The number of hydrogen-bond acceptors (Lipinski definition) is 5. The molecular formula is C20H23NO5S. The van der Waals surface area contributed by atoms with Gasteiger partial charge in [0.1, 0.15) is 11.4 Å². The Morgan fingerprint density at radius 3 is 2.74 bits per heavy atom. The monoisotopic (exact) mass is 389 g/mol. The van der Waals surface area contributed by atoms with Crippen LogP contribution in [0.4, 0.5) is 0 Å². The summed E-state index contributed by atoms with van der Waals surface area (Å²) in [6, 6.07) is 11.3. The standard InChI is InChI=1S/C20H23NO5S/c1-14(22)15-5-3-7-18(12-15)27(24,25)21-13-20(23)10-4-6-16-11-17(26-2)8-9-19(16)20/h3,5,7-9,11-12,21,23H,4,6,10,13H2,1-2H3. The highest BCUT2D eigenvalue weighted by Gasteiger charge is 2.35. The van der Waals surface area contributed by atoms with Gasteiger partial charge in [0.25, 0.3) is 0 Å². The van der Waals surface area contributed by atoms with Crippen molar-refractivity contribution in [3.05, 3.63) is 59.2 Å². The third-order valence-electron chi connectivity index (χ3n) is 4.96. The molecule has 144 valence electrons. The number of hydrogen-bond donors (Lipinski definition) is 2. The molecule has 6 nitrogen and oxygen atoms in total. The van der Waals surface area contributed by atoms with Gasteiger partial charge in [0, 0.05) is 12.1 Å². The summed E-state index contributed by atoms with van der Waals surface area (Å²) in [5, 5.41) is 11.1. The molecule has 0 aliphatic heterocycles. The topological polar surface area (TPSA) is 92.7 Å². The molecule has 0 spiro atoms. The van der Waals surface area contributed by atoms with Crippen molar-refractivity contribution in [1.82, 2.24) is 4.72 Å². The van der Waals surface area contributed by atoms with Gasteiger partial charge in [-0.15, -0.1) is 0 Å². The second-order valence-electron chi connectivity index (χ2n) is 6.82. The van der Waals surface area contributed by atoms with E-state index in [1.807, 2.05) is 6.07 Å². The Hall–Kier alpha value is -2.22. The number of Topliss-reactive ketones (excluding diaryl/α,β-unsaturated/α-hetero) is 1. The van der Waals surface area contributed by atoms with Crippen LogP contribution < -0.4 is 9.46 Å². The number of ketones is 1. The van der Waals surface area contributed by atoms with Crippen LogP contribution in [0, 0.1) is 0 Å². The molecule has 2 aromatic rings. The minimum atomic E-state index is -3.86. The number of carbonyl (C=O) groups is 1. The number of rotatable bonds is 6. The Kier molecular flexibility index (Phi) is 5.37. The van der Waals surface area contributed by atoms with E-state index in [0.29, 0.717) is 17.7 Å². The number of nitrogens with one attached hydrogen (secondary N) is 1. The number of aliphatic hydroxyl groups is 1. The van der Waals surface area contributed by atoms with Crippen molar-refractivity contribution in [2.45, 2.75) is 36.7 Å². The largest absolute Gasteiger partial charge is 0.497 e. The molecule has 2 N–H and O–H groups in total. The second-order valence-corrected chi connectivity index (χ2v) is 8.58. The number of sulfonamides is 1. The molecule has 1 atom stereocenters. The molecule has 1 aliphatic carbocycles. The van der Waals surface area contributed by atoms with E-state index in [2.05, 4.69) is 4.72 Å². The summed E-state index contributed by atoms with van der Waals surface area (Å²) in [6.07, 6.45) is 2.02. The molecule has 0 saturated heterocycles. The molecule has 0 fully saturated rings. The molecule has 0 saturated carbocycles. The number of fused-ring (bicyclic) bond motifs is 1. The van der Waals surface area contributed by atoms with Gasteiger partial charge in [0.2, 0.25) is 10.0 Å².